The molecule has 0 fully saturated rings. The molecule has 1 aromatic rings. The maximum absolute atomic E-state index is 10.8. The molecule has 1 heterocycles. The zero-order valence-electron chi connectivity index (χ0n) is 8.16. The van der Waals surface area contributed by atoms with Gasteiger partial charge >= 0.3 is 5.97 Å². The van der Waals surface area contributed by atoms with Crippen LogP contribution in [0.3, 0.4) is 0 Å². The Hall–Kier alpha value is -1.29. The molecule has 0 bridgehead atoms. The monoisotopic (exact) mass is 212 g/mol. The van der Waals surface area contributed by atoms with Gasteiger partial charge in [-0.05, 0) is 25.5 Å². The molecule has 0 aromatic carbocycles. The van der Waals surface area contributed by atoms with Gasteiger partial charge in [0.25, 0.3) is 0 Å². The maximum Gasteiger partial charge on any atom is 0.349 e. The largest absolute Gasteiger partial charge is 0.487 e. The van der Waals surface area contributed by atoms with Crippen LogP contribution in [0.5, 0.6) is 5.75 Å². The minimum atomic E-state index is -0.945. The number of thiophene rings is 1. The van der Waals surface area contributed by atoms with Crippen molar-refractivity contribution in [2.24, 2.45) is 0 Å². The molecule has 76 valence electrons. The van der Waals surface area contributed by atoms with Crippen LogP contribution in [0, 0.1) is 6.92 Å². The standard InChI is InChI=1S/C10H12O3S/c1-6(2)5-13-8-4-7(3)14-9(8)10(11)12/h4H,1,5H2,2-3H3,(H,11,12). The van der Waals surface area contributed by atoms with E-state index in [1.807, 2.05) is 13.8 Å². The first-order chi connectivity index (χ1) is 6.50. The third-order valence-electron chi connectivity index (χ3n) is 1.49. The van der Waals surface area contributed by atoms with Gasteiger partial charge in [0.15, 0.2) is 4.88 Å². The molecule has 1 aromatic heterocycles. The molecule has 1 N–H and O–H groups in total. The van der Waals surface area contributed by atoms with Crippen LogP contribution in [-0.4, -0.2) is 17.7 Å². The number of hydrogen-bond acceptors (Lipinski definition) is 3. The van der Waals surface area contributed by atoms with E-state index in [0.717, 1.165) is 10.5 Å². The van der Waals surface area contributed by atoms with E-state index in [1.54, 1.807) is 6.07 Å². The highest BCUT2D eigenvalue weighted by atomic mass is 32.1. The summed E-state index contributed by atoms with van der Waals surface area (Å²) in [5.74, 6) is -0.511. The summed E-state index contributed by atoms with van der Waals surface area (Å²) >= 11 is 1.22. The van der Waals surface area contributed by atoms with Crippen LogP contribution in [0.2, 0.25) is 0 Å². The highest BCUT2D eigenvalue weighted by Gasteiger charge is 2.14. The average Bonchev–Trinajstić information content (AvgIpc) is 2.43. The maximum atomic E-state index is 10.8. The lowest BCUT2D eigenvalue weighted by atomic mass is 10.3. The summed E-state index contributed by atoms with van der Waals surface area (Å²) in [7, 11) is 0. The topological polar surface area (TPSA) is 46.5 Å². The third kappa shape index (κ3) is 2.60. The van der Waals surface area contributed by atoms with Gasteiger partial charge in [-0.1, -0.05) is 6.58 Å². The number of ether oxygens (including phenoxy) is 1. The van der Waals surface area contributed by atoms with Crippen molar-refractivity contribution in [3.8, 4) is 5.75 Å². The van der Waals surface area contributed by atoms with E-state index in [4.69, 9.17) is 9.84 Å². The number of carbonyl (C=O) groups is 1. The summed E-state index contributed by atoms with van der Waals surface area (Å²) in [6.07, 6.45) is 0. The van der Waals surface area contributed by atoms with Crippen molar-refractivity contribution < 1.29 is 14.6 Å². The van der Waals surface area contributed by atoms with Crippen LogP contribution in [0.1, 0.15) is 21.5 Å². The van der Waals surface area contributed by atoms with Crippen LogP contribution in [0.4, 0.5) is 0 Å². The second-order valence-corrected chi connectivity index (χ2v) is 4.36. The van der Waals surface area contributed by atoms with Crippen molar-refractivity contribution >= 4 is 17.3 Å². The number of aryl methyl sites for hydroxylation is 1. The smallest absolute Gasteiger partial charge is 0.349 e. The van der Waals surface area contributed by atoms with Crippen LogP contribution in [-0.2, 0) is 0 Å². The van der Waals surface area contributed by atoms with Gasteiger partial charge in [-0.15, -0.1) is 11.3 Å². The molecule has 0 saturated carbocycles. The van der Waals surface area contributed by atoms with Crippen LogP contribution in [0.15, 0.2) is 18.2 Å². The van der Waals surface area contributed by atoms with E-state index in [2.05, 4.69) is 6.58 Å². The predicted octanol–water partition coefficient (Wildman–Crippen LogP) is 2.71. The minimum Gasteiger partial charge on any atom is -0.487 e. The van der Waals surface area contributed by atoms with Gasteiger partial charge in [0, 0.05) is 4.88 Å². The third-order valence-corrected chi connectivity index (χ3v) is 2.51. The lowest BCUT2D eigenvalue weighted by Crippen LogP contribution is -2.01. The zero-order chi connectivity index (χ0) is 10.7. The van der Waals surface area contributed by atoms with Crippen molar-refractivity contribution in [3.63, 3.8) is 0 Å². The Balaban J connectivity index is 2.84. The summed E-state index contributed by atoms with van der Waals surface area (Å²) in [5.41, 5.74) is 0.866. The van der Waals surface area contributed by atoms with Crippen molar-refractivity contribution in [2.75, 3.05) is 6.61 Å². The number of carboxylic acid groups (broad SMARTS) is 1. The Morgan fingerprint density at radius 2 is 2.36 bits per heavy atom. The lowest BCUT2D eigenvalue weighted by Gasteiger charge is -2.03. The molecule has 1 rings (SSSR count). The fraction of sp³-hybridized carbons (Fsp3) is 0.300. The Labute approximate surface area is 86.6 Å². The van der Waals surface area contributed by atoms with Crippen LogP contribution < -0.4 is 4.74 Å². The second-order valence-electron chi connectivity index (χ2n) is 3.10. The first kappa shape index (κ1) is 10.8. The van der Waals surface area contributed by atoms with Gasteiger partial charge in [0.1, 0.15) is 12.4 Å². The van der Waals surface area contributed by atoms with Crippen molar-refractivity contribution in [1.82, 2.24) is 0 Å². The molecule has 3 nitrogen and oxygen atoms in total. The summed E-state index contributed by atoms with van der Waals surface area (Å²) in [5, 5.41) is 8.85. The summed E-state index contributed by atoms with van der Waals surface area (Å²) in [6, 6.07) is 1.73. The normalized spacial score (nSPS) is 9.86. The van der Waals surface area contributed by atoms with Crippen molar-refractivity contribution in [2.45, 2.75) is 13.8 Å². The Kier molecular flexibility index (Phi) is 3.30. The van der Waals surface area contributed by atoms with Gasteiger partial charge in [0.2, 0.25) is 0 Å². The predicted molar refractivity (Wildman–Crippen MR) is 56.3 cm³/mol. The van der Waals surface area contributed by atoms with Crippen molar-refractivity contribution in [3.05, 3.63) is 28.0 Å². The van der Waals surface area contributed by atoms with Crippen LogP contribution >= 0.6 is 11.3 Å². The fourth-order valence-corrected chi connectivity index (χ4v) is 1.74. The van der Waals surface area contributed by atoms with Gasteiger partial charge in [-0.25, -0.2) is 4.79 Å². The zero-order valence-corrected chi connectivity index (χ0v) is 8.98. The van der Waals surface area contributed by atoms with E-state index < -0.39 is 5.97 Å². The fourth-order valence-electron chi connectivity index (χ4n) is 0.948. The molecule has 0 amide bonds. The Morgan fingerprint density at radius 3 is 2.86 bits per heavy atom. The Bertz CT molecular complexity index is 365. The molecule has 4 heteroatoms. The van der Waals surface area contributed by atoms with E-state index >= 15 is 0 Å². The second kappa shape index (κ2) is 4.28. The molecule has 0 spiro atoms. The number of aromatic carboxylic acids is 1. The Morgan fingerprint density at radius 1 is 1.71 bits per heavy atom. The summed E-state index contributed by atoms with van der Waals surface area (Å²) in [6.45, 7) is 7.73. The van der Waals surface area contributed by atoms with Crippen LogP contribution in [0.25, 0.3) is 0 Å². The first-order valence-electron chi connectivity index (χ1n) is 4.11. The molecule has 14 heavy (non-hydrogen) atoms. The van der Waals surface area contributed by atoms with E-state index in [-0.39, 0.29) is 4.88 Å². The van der Waals surface area contributed by atoms with E-state index in [1.165, 1.54) is 11.3 Å². The molecular formula is C10H12O3S. The van der Waals surface area contributed by atoms with E-state index in [9.17, 15) is 4.79 Å². The molecular weight excluding hydrogens is 200 g/mol. The number of carboxylic acids is 1. The first-order valence-corrected chi connectivity index (χ1v) is 4.93. The molecule has 0 saturated heterocycles. The minimum absolute atomic E-state index is 0.253. The van der Waals surface area contributed by atoms with Gasteiger partial charge < -0.3 is 9.84 Å². The number of hydrogen-bond donors (Lipinski definition) is 1. The summed E-state index contributed by atoms with van der Waals surface area (Å²) < 4.78 is 5.31. The van der Waals surface area contributed by atoms with Gasteiger partial charge in [-0.2, -0.15) is 0 Å². The van der Waals surface area contributed by atoms with E-state index in [0.29, 0.717) is 12.4 Å². The molecule has 0 radical (unpaired) electrons. The number of rotatable bonds is 4. The molecule has 0 unspecified atom stereocenters. The highest BCUT2D eigenvalue weighted by Crippen LogP contribution is 2.28. The molecule has 0 aliphatic rings. The molecule has 0 aliphatic carbocycles. The quantitative estimate of drug-likeness (QED) is 0.780. The average molecular weight is 212 g/mol. The molecule has 0 aliphatic heterocycles. The van der Waals surface area contributed by atoms with Gasteiger partial charge in [0.05, 0.1) is 0 Å². The lowest BCUT2D eigenvalue weighted by molar-refractivity contribution is 0.0698. The highest BCUT2D eigenvalue weighted by molar-refractivity contribution is 7.14. The SMILES string of the molecule is C=C(C)COc1cc(C)sc1C(=O)O. The molecule has 0 atom stereocenters. The van der Waals surface area contributed by atoms with Gasteiger partial charge in [-0.3, -0.25) is 0 Å². The van der Waals surface area contributed by atoms with Crippen molar-refractivity contribution in [1.29, 1.82) is 0 Å². The summed E-state index contributed by atoms with van der Waals surface area (Å²) in [4.78, 5) is 12.0.